The van der Waals surface area contributed by atoms with E-state index in [0.717, 1.165) is 25.1 Å². The van der Waals surface area contributed by atoms with Crippen LogP contribution in [0.2, 0.25) is 5.02 Å². The second kappa shape index (κ2) is 10.6. The monoisotopic (exact) mass is 429 g/mol. The van der Waals surface area contributed by atoms with Crippen LogP contribution in [0, 0.1) is 0 Å². The average Bonchev–Trinajstić information content (AvgIpc) is 2.72. The van der Waals surface area contributed by atoms with Crippen molar-refractivity contribution >= 4 is 22.5 Å². The molecule has 3 aromatic rings. The first-order valence-corrected chi connectivity index (χ1v) is 10.7. The molecule has 1 unspecified atom stereocenters. The zero-order chi connectivity index (χ0) is 21.5. The van der Waals surface area contributed by atoms with Crippen molar-refractivity contribution in [3.05, 3.63) is 69.2 Å². The third kappa shape index (κ3) is 6.05. The van der Waals surface area contributed by atoms with Gasteiger partial charge in [-0.1, -0.05) is 37.6 Å². The van der Waals surface area contributed by atoms with E-state index >= 15 is 0 Å². The molecule has 0 radical (unpaired) electrons. The molecule has 0 spiro atoms. The molecule has 3 rings (SSSR count). The summed E-state index contributed by atoms with van der Waals surface area (Å²) in [5, 5.41) is 11.5. The van der Waals surface area contributed by atoms with Gasteiger partial charge in [0.15, 0.2) is 0 Å². The fourth-order valence-corrected chi connectivity index (χ4v) is 3.53. The number of aromatic nitrogens is 2. The van der Waals surface area contributed by atoms with Crippen LogP contribution in [0.25, 0.3) is 10.9 Å². The molecule has 0 aliphatic rings. The van der Waals surface area contributed by atoms with Gasteiger partial charge in [0, 0.05) is 11.6 Å². The van der Waals surface area contributed by atoms with Crippen molar-refractivity contribution < 1.29 is 9.84 Å². The van der Waals surface area contributed by atoms with E-state index < -0.39 is 6.10 Å². The highest BCUT2D eigenvalue weighted by Crippen LogP contribution is 2.16. The van der Waals surface area contributed by atoms with E-state index in [9.17, 15) is 9.90 Å². The molecule has 0 bridgehead atoms. The number of aliphatic hydroxyl groups is 1. The van der Waals surface area contributed by atoms with E-state index in [2.05, 4.69) is 28.7 Å². The number of aryl methyl sites for hydroxylation is 1. The number of fused-ring (bicyclic) bond motifs is 1. The normalized spacial score (nSPS) is 12.4. The number of aromatic amines is 1. The van der Waals surface area contributed by atoms with Crippen LogP contribution in [0.15, 0.2) is 47.3 Å². The number of halogens is 1. The van der Waals surface area contributed by atoms with E-state index in [4.69, 9.17) is 16.3 Å². The van der Waals surface area contributed by atoms with E-state index in [1.807, 2.05) is 24.3 Å². The van der Waals surface area contributed by atoms with Crippen LogP contribution in [0.4, 0.5) is 0 Å². The summed E-state index contributed by atoms with van der Waals surface area (Å²) in [7, 11) is 0. The zero-order valence-corrected chi connectivity index (χ0v) is 18.2. The van der Waals surface area contributed by atoms with Gasteiger partial charge in [0.25, 0.3) is 5.56 Å². The number of nitrogens with zero attached hydrogens (tertiary/aromatic N) is 2. The first-order chi connectivity index (χ1) is 14.5. The summed E-state index contributed by atoms with van der Waals surface area (Å²) in [4.78, 5) is 21.8. The Balaban J connectivity index is 1.63. The van der Waals surface area contributed by atoms with Gasteiger partial charge < -0.3 is 14.8 Å². The smallest absolute Gasteiger partial charge is 0.258 e. The highest BCUT2D eigenvalue weighted by Gasteiger charge is 2.15. The first-order valence-electron chi connectivity index (χ1n) is 10.3. The van der Waals surface area contributed by atoms with Gasteiger partial charge >= 0.3 is 0 Å². The Bertz CT molecular complexity index is 1020. The Morgan fingerprint density at radius 1 is 1.20 bits per heavy atom. The van der Waals surface area contributed by atoms with Crippen LogP contribution >= 0.6 is 11.6 Å². The molecule has 7 heteroatoms. The Hall–Kier alpha value is -2.41. The molecule has 30 heavy (non-hydrogen) atoms. The summed E-state index contributed by atoms with van der Waals surface area (Å²) >= 11 is 6.04. The molecule has 160 valence electrons. The van der Waals surface area contributed by atoms with Gasteiger partial charge in [0.2, 0.25) is 0 Å². The molecule has 2 N–H and O–H groups in total. The maximum Gasteiger partial charge on any atom is 0.258 e. The number of ether oxygens (including phenoxy) is 1. The van der Waals surface area contributed by atoms with Crippen molar-refractivity contribution in [2.45, 2.75) is 39.3 Å². The Morgan fingerprint density at radius 2 is 1.97 bits per heavy atom. The van der Waals surface area contributed by atoms with E-state index in [1.54, 1.807) is 18.2 Å². The van der Waals surface area contributed by atoms with Gasteiger partial charge in [-0.25, -0.2) is 4.98 Å². The SMILES string of the molecule is CCCN(Cc1nc2cc(Cl)ccc2c(=O)[nH]1)CC(O)COc1ccc(CC)cc1. The van der Waals surface area contributed by atoms with Crippen LogP contribution in [0.3, 0.4) is 0 Å². The second-order valence-corrected chi connectivity index (χ2v) is 7.81. The first kappa shape index (κ1) is 22.3. The number of aliphatic hydroxyl groups excluding tert-OH is 1. The summed E-state index contributed by atoms with van der Waals surface area (Å²) < 4.78 is 5.72. The van der Waals surface area contributed by atoms with Crippen molar-refractivity contribution in [3.8, 4) is 5.75 Å². The Kier molecular flexibility index (Phi) is 7.85. The van der Waals surface area contributed by atoms with E-state index in [1.165, 1.54) is 5.56 Å². The standard InChI is InChI=1S/C23H28ClN3O3/c1-3-11-27(13-18(28)15-30-19-8-5-16(4-2)6-9-19)14-22-25-21-12-17(24)7-10-20(21)23(29)26-22/h5-10,12,18,28H,3-4,11,13-15H2,1-2H3,(H,25,26,29). The predicted octanol–water partition coefficient (Wildman–Crippen LogP) is 3.79. The molecule has 6 nitrogen and oxygen atoms in total. The van der Waals surface area contributed by atoms with Crippen LogP contribution < -0.4 is 10.3 Å². The minimum absolute atomic E-state index is 0.192. The number of benzene rings is 2. The van der Waals surface area contributed by atoms with Crippen molar-refractivity contribution in [3.63, 3.8) is 0 Å². The molecule has 1 aromatic heterocycles. The number of hydrogen-bond donors (Lipinski definition) is 2. The molecule has 1 heterocycles. The average molecular weight is 430 g/mol. The van der Waals surface area contributed by atoms with Crippen molar-refractivity contribution in [1.29, 1.82) is 0 Å². The third-order valence-electron chi connectivity index (χ3n) is 4.87. The summed E-state index contributed by atoms with van der Waals surface area (Å²) in [5.41, 5.74) is 1.62. The van der Waals surface area contributed by atoms with Gasteiger partial charge in [-0.2, -0.15) is 0 Å². The summed E-state index contributed by atoms with van der Waals surface area (Å²) in [5.74, 6) is 1.29. The maximum absolute atomic E-state index is 12.4. The number of rotatable bonds is 10. The van der Waals surface area contributed by atoms with Crippen molar-refractivity contribution in [1.82, 2.24) is 14.9 Å². The number of H-pyrrole nitrogens is 1. The maximum atomic E-state index is 12.4. The lowest BCUT2D eigenvalue weighted by Crippen LogP contribution is -2.36. The lowest BCUT2D eigenvalue weighted by atomic mass is 10.2. The Morgan fingerprint density at radius 3 is 2.67 bits per heavy atom. The van der Waals surface area contributed by atoms with Crippen molar-refractivity contribution in [2.24, 2.45) is 0 Å². The third-order valence-corrected chi connectivity index (χ3v) is 5.11. The summed E-state index contributed by atoms with van der Waals surface area (Å²) in [6, 6.07) is 12.9. The highest BCUT2D eigenvalue weighted by atomic mass is 35.5. The molecule has 1 atom stereocenters. The van der Waals surface area contributed by atoms with Gasteiger partial charge in [-0.15, -0.1) is 0 Å². The Labute approximate surface area is 181 Å². The minimum atomic E-state index is -0.663. The second-order valence-electron chi connectivity index (χ2n) is 7.37. The quantitative estimate of drug-likeness (QED) is 0.512. The molecule has 2 aromatic carbocycles. The van der Waals surface area contributed by atoms with Gasteiger partial charge in [0.1, 0.15) is 24.3 Å². The molecular weight excluding hydrogens is 402 g/mol. The largest absolute Gasteiger partial charge is 0.491 e. The van der Waals surface area contributed by atoms with Gasteiger partial charge in [-0.05, 0) is 55.3 Å². The molecule has 0 saturated heterocycles. The molecule has 0 saturated carbocycles. The minimum Gasteiger partial charge on any atom is -0.491 e. The fraction of sp³-hybridized carbons (Fsp3) is 0.391. The van der Waals surface area contributed by atoms with Crippen LogP contribution in [-0.4, -0.2) is 45.8 Å². The number of hydrogen-bond acceptors (Lipinski definition) is 5. The van der Waals surface area contributed by atoms with Gasteiger partial charge in [0.05, 0.1) is 17.4 Å². The number of nitrogens with one attached hydrogen (secondary N) is 1. The zero-order valence-electron chi connectivity index (χ0n) is 17.4. The van der Waals surface area contributed by atoms with Crippen LogP contribution in [0.5, 0.6) is 5.75 Å². The molecule has 0 fully saturated rings. The summed E-state index contributed by atoms with van der Waals surface area (Å²) in [6.45, 7) is 5.98. The van der Waals surface area contributed by atoms with Crippen LogP contribution in [0.1, 0.15) is 31.7 Å². The highest BCUT2D eigenvalue weighted by molar-refractivity contribution is 6.31. The molecule has 0 aliphatic heterocycles. The van der Waals surface area contributed by atoms with Gasteiger partial charge in [-0.3, -0.25) is 9.69 Å². The topological polar surface area (TPSA) is 78.5 Å². The lowest BCUT2D eigenvalue weighted by Gasteiger charge is -2.24. The molecular formula is C23H28ClN3O3. The van der Waals surface area contributed by atoms with E-state index in [-0.39, 0.29) is 12.2 Å². The molecule has 0 amide bonds. The van der Waals surface area contributed by atoms with Crippen LogP contribution in [-0.2, 0) is 13.0 Å². The summed E-state index contributed by atoms with van der Waals surface area (Å²) in [6.07, 6.45) is 1.23. The molecule has 0 aliphatic carbocycles. The lowest BCUT2D eigenvalue weighted by molar-refractivity contribution is 0.0647. The van der Waals surface area contributed by atoms with E-state index in [0.29, 0.717) is 34.8 Å². The fourth-order valence-electron chi connectivity index (χ4n) is 3.36. The predicted molar refractivity (Wildman–Crippen MR) is 120 cm³/mol. The van der Waals surface area contributed by atoms with Crippen molar-refractivity contribution in [2.75, 3.05) is 19.7 Å².